The van der Waals surface area contributed by atoms with Crippen LogP contribution >= 0.6 is 0 Å². The molecule has 0 aromatic carbocycles. The Labute approximate surface area is 103 Å². The van der Waals surface area contributed by atoms with Gasteiger partial charge in [-0.3, -0.25) is 8.78 Å². The van der Waals surface area contributed by atoms with Crippen LogP contribution in [0, 0.1) is 6.92 Å². The molecule has 92 valence electrons. The molecule has 2 aromatic rings. The molecule has 1 unspecified atom stereocenters. The molecular formula is C11H16N4OS. The first-order chi connectivity index (χ1) is 8.11. The number of fused-ring (bicyclic) bond motifs is 1. The number of nitrogens with zero attached hydrogens (tertiary/aromatic N) is 3. The molecule has 0 aliphatic carbocycles. The average molecular weight is 252 g/mol. The van der Waals surface area contributed by atoms with E-state index in [0.717, 1.165) is 16.7 Å². The Morgan fingerprint density at radius 1 is 1.53 bits per heavy atom. The number of imidazole rings is 1. The van der Waals surface area contributed by atoms with E-state index in [1.54, 1.807) is 6.20 Å². The van der Waals surface area contributed by atoms with Crippen LogP contribution in [-0.2, 0) is 17.3 Å². The summed E-state index contributed by atoms with van der Waals surface area (Å²) >= 11 is 0. The predicted molar refractivity (Wildman–Crippen MR) is 70.2 cm³/mol. The fourth-order valence-electron chi connectivity index (χ4n) is 1.69. The summed E-state index contributed by atoms with van der Waals surface area (Å²) in [5.41, 5.74) is 8.46. The highest BCUT2D eigenvalue weighted by atomic mass is 32.2. The van der Waals surface area contributed by atoms with Crippen LogP contribution in [0.1, 0.15) is 12.5 Å². The van der Waals surface area contributed by atoms with E-state index in [9.17, 15) is 4.21 Å². The minimum Gasteiger partial charge on any atom is -0.369 e. The lowest BCUT2D eigenvalue weighted by Crippen LogP contribution is -2.11. The third-order valence-corrected chi connectivity index (χ3v) is 3.90. The summed E-state index contributed by atoms with van der Waals surface area (Å²) in [5, 5.41) is 0. The van der Waals surface area contributed by atoms with Crippen molar-refractivity contribution in [2.75, 3.05) is 17.2 Å². The standard InChI is InChI=1S/C11H16N4OS/c1-3-17(16)5-4-15-10-9(14-11(15)12)6-8(2)7-13-10/h6-7H,3-5H2,1-2H3,(H2,12,14). The molecular weight excluding hydrogens is 236 g/mol. The van der Waals surface area contributed by atoms with Crippen molar-refractivity contribution in [1.29, 1.82) is 0 Å². The van der Waals surface area contributed by atoms with Crippen molar-refractivity contribution >= 4 is 27.9 Å². The number of anilines is 1. The fourth-order valence-corrected chi connectivity index (χ4v) is 2.36. The van der Waals surface area contributed by atoms with Crippen LogP contribution in [0.3, 0.4) is 0 Å². The van der Waals surface area contributed by atoms with E-state index in [2.05, 4.69) is 9.97 Å². The first-order valence-corrected chi connectivity index (χ1v) is 7.04. The van der Waals surface area contributed by atoms with Gasteiger partial charge in [-0.2, -0.15) is 0 Å². The molecule has 2 aromatic heterocycles. The number of pyridine rings is 1. The average Bonchev–Trinajstić information content (AvgIpc) is 2.61. The van der Waals surface area contributed by atoms with Gasteiger partial charge in [0.1, 0.15) is 5.52 Å². The molecule has 0 saturated carbocycles. The quantitative estimate of drug-likeness (QED) is 0.884. The van der Waals surface area contributed by atoms with Gasteiger partial charge in [-0.05, 0) is 18.6 Å². The summed E-state index contributed by atoms with van der Waals surface area (Å²) < 4.78 is 13.2. The van der Waals surface area contributed by atoms with Gasteiger partial charge in [0.05, 0.1) is 0 Å². The molecule has 2 rings (SSSR count). The third-order valence-electron chi connectivity index (χ3n) is 2.62. The van der Waals surface area contributed by atoms with E-state index >= 15 is 0 Å². The van der Waals surface area contributed by atoms with E-state index in [4.69, 9.17) is 5.73 Å². The number of hydrogen-bond acceptors (Lipinski definition) is 4. The lowest BCUT2D eigenvalue weighted by molar-refractivity contribution is 0.676. The van der Waals surface area contributed by atoms with Crippen molar-refractivity contribution in [3.8, 4) is 0 Å². The van der Waals surface area contributed by atoms with Crippen molar-refractivity contribution < 1.29 is 4.21 Å². The zero-order chi connectivity index (χ0) is 12.4. The molecule has 0 fully saturated rings. The van der Waals surface area contributed by atoms with Crippen LogP contribution in [0.25, 0.3) is 11.2 Å². The minimum atomic E-state index is -0.799. The second-order valence-corrected chi connectivity index (χ2v) is 5.77. The predicted octanol–water partition coefficient (Wildman–Crippen LogP) is 1.09. The molecule has 6 heteroatoms. The maximum atomic E-state index is 11.4. The lowest BCUT2D eigenvalue weighted by Gasteiger charge is -2.04. The van der Waals surface area contributed by atoms with Gasteiger partial charge in [-0.1, -0.05) is 6.92 Å². The number of nitrogen functional groups attached to an aromatic ring is 1. The highest BCUT2D eigenvalue weighted by molar-refractivity contribution is 7.84. The van der Waals surface area contributed by atoms with Crippen LogP contribution < -0.4 is 5.73 Å². The molecule has 0 radical (unpaired) electrons. The zero-order valence-electron chi connectivity index (χ0n) is 10.0. The lowest BCUT2D eigenvalue weighted by atomic mass is 10.3. The Hall–Kier alpha value is -1.43. The molecule has 0 saturated heterocycles. The smallest absolute Gasteiger partial charge is 0.202 e. The SMILES string of the molecule is CCS(=O)CCn1c(N)nc2cc(C)cnc21. The third kappa shape index (κ3) is 2.46. The number of nitrogens with two attached hydrogens (primary N) is 1. The Balaban J connectivity index is 2.33. The topological polar surface area (TPSA) is 73.8 Å². The molecule has 17 heavy (non-hydrogen) atoms. The van der Waals surface area contributed by atoms with Gasteiger partial charge >= 0.3 is 0 Å². The van der Waals surface area contributed by atoms with E-state index in [1.807, 2.05) is 24.5 Å². The van der Waals surface area contributed by atoms with Crippen molar-refractivity contribution in [3.63, 3.8) is 0 Å². The van der Waals surface area contributed by atoms with Gasteiger partial charge in [0.15, 0.2) is 5.65 Å². The molecule has 0 spiro atoms. The molecule has 0 aliphatic heterocycles. The summed E-state index contributed by atoms with van der Waals surface area (Å²) in [4.78, 5) is 8.58. The van der Waals surface area contributed by atoms with Crippen LogP contribution in [0.2, 0.25) is 0 Å². The molecule has 0 aliphatic rings. The number of hydrogen-bond donors (Lipinski definition) is 1. The van der Waals surface area contributed by atoms with Gasteiger partial charge in [-0.15, -0.1) is 0 Å². The van der Waals surface area contributed by atoms with Crippen LogP contribution in [0.4, 0.5) is 5.95 Å². The number of rotatable bonds is 4. The van der Waals surface area contributed by atoms with Gasteiger partial charge in [0.25, 0.3) is 0 Å². The summed E-state index contributed by atoms with van der Waals surface area (Å²) in [6, 6.07) is 1.95. The number of aryl methyl sites for hydroxylation is 2. The van der Waals surface area contributed by atoms with Crippen LogP contribution in [0.15, 0.2) is 12.3 Å². The van der Waals surface area contributed by atoms with Gasteiger partial charge in [0, 0.05) is 35.0 Å². The fraction of sp³-hybridized carbons (Fsp3) is 0.455. The van der Waals surface area contributed by atoms with E-state index < -0.39 is 10.8 Å². The van der Waals surface area contributed by atoms with E-state index in [1.165, 1.54) is 0 Å². The maximum absolute atomic E-state index is 11.4. The van der Waals surface area contributed by atoms with Crippen molar-refractivity contribution in [3.05, 3.63) is 17.8 Å². The van der Waals surface area contributed by atoms with Crippen molar-refractivity contribution in [2.45, 2.75) is 20.4 Å². The summed E-state index contributed by atoms with van der Waals surface area (Å²) in [6.45, 7) is 4.47. The molecule has 5 nitrogen and oxygen atoms in total. The molecule has 0 amide bonds. The molecule has 1 atom stereocenters. The van der Waals surface area contributed by atoms with Crippen molar-refractivity contribution in [1.82, 2.24) is 14.5 Å². The summed E-state index contributed by atoms with van der Waals surface area (Å²) in [5.74, 6) is 1.69. The first-order valence-electron chi connectivity index (χ1n) is 5.55. The second kappa shape index (κ2) is 4.83. The minimum absolute atomic E-state index is 0.436. The van der Waals surface area contributed by atoms with E-state index in [-0.39, 0.29) is 0 Å². The molecule has 2 N–H and O–H groups in total. The molecule has 0 bridgehead atoms. The van der Waals surface area contributed by atoms with E-state index in [0.29, 0.717) is 24.0 Å². The first kappa shape index (κ1) is 12.0. The normalized spacial score (nSPS) is 13.1. The molecule has 2 heterocycles. The Morgan fingerprint density at radius 2 is 2.29 bits per heavy atom. The Kier molecular flexibility index (Phi) is 3.42. The summed E-state index contributed by atoms with van der Waals surface area (Å²) in [7, 11) is -0.799. The number of aromatic nitrogens is 3. The second-order valence-electron chi connectivity index (χ2n) is 3.91. The highest BCUT2D eigenvalue weighted by Gasteiger charge is 2.10. The van der Waals surface area contributed by atoms with Crippen LogP contribution in [-0.4, -0.2) is 30.2 Å². The highest BCUT2D eigenvalue weighted by Crippen LogP contribution is 2.16. The monoisotopic (exact) mass is 252 g/mol. The van der Waals surface area contributed by atoms with Gasteiger partial charge in [-0.25, -0.2) is 9.97 Å². The summed E-state index contributed by atoms with van der Waals surface area (Å²) in [6.07, 6.45) is 1.79. The Morgan fingerprint density at radius 3 is 3.00 bits per heavy atom. The van der Waals surface area contributed by atoms with Gasteiger partial charge < -0.3 is 5.73 Å². The Bertz CT molecular complexity index is 564. The van der Waals surface area contributed by atoms with Crippen molar-refractivity contribution in [2.24, 2.45) is 0 Å². The largest absolute Gasteiger partial charge is 0.369 e. The zero-order valence-corrected chi connectivity index (χ0v) is 10.8. The maximum Gasteiger partial charge on any atom is 0.202 e. The van der Waals surface area contributed by atoms with Crippen LogP contribution in [0.5, 0.6) is 0 Å². The van der Waals surface area contributed by atoms with Gasteiger partial charge in [0.2, 0.25) is 5.95 Å².